The van der Waals surface area contributed by atoms with Crippen molar-refractivity contribution in [1.29, 1.82) is 0 Å². The number of hydrogen-bond donors (Lipinski definition) is 0. The van der Waals surface area contributed by atoms with E-state index in [4.69, 9.17) is 4.43 Å². The van der Waals surface area contributed by atoms with Gasteiger partial charge in [-0.15, -0.1) is 0 Å². The summed E-state index contributed by atoms with van der Waals surface area (Å²) in [5.41, 5.74) is 3.53. The van der Waals surface area contributed by atoms with Crippen LogP contribution in [0.3, 0.4) is 0 Å². The van der Waals surface area contributed by atoms with Gasteiger partial charge in [-0.25, -0.2) is 0 Å². The molecule has 0 fully saturated rings. The fourth-order valence-corrected chi connectivity index (χ4v) is 9.35. The van der Waals surface area contributed by atoms with Gasteiger partial charge in [0.1, 0.15) is 0 Å². The van der Waals surface area contributed by atoms with E-state index in [1.807, 2.05) is 0 Å². The highest BCUT2D eigenvalue weighted by molar-refractivity contribution is 6.77. The Labute approximate surface area is 122 Å². The van der Waals surface area contributed by atoms with Gasteiger partial charge in [0, 0.05) is 6.42 Å². The van der Waals surface area contributed by atoms with Gasteiger partial charge in [0.2, 0.25) is 0 Å². The molecule has 112 valence electrons. The molecule has 0 aliphatic heterocycles. The van der Waals surface area contributed by atoms with E-state index in [1.165, 1.54) is 24.2 Å². The Morgan fingerprint density at radius 3 is 1.89 bits per heavy atom. The molecule has 1 atom stereocenters. The van der Waals surface area contributed by atoms with Gasteiger partial charge in [0.05, 0.1) is 5.76 Å². The van der Waals surface area contributed by atoms with Crippen molar-refractivity contribution in [2.75, 3.05) is 0 Å². The van der Waals surface area contributed by atoms with E-state index in [0.29, 0.717) is 22.5 Å². The Bertz CT molecular complexity index is 306. The third-order valence-electron chi connectivity index (χ3n) is 5.23. The fraction of sp³-hybridized carbons (Fsp3) is 0.882. The summed E-state index contributed by atoms with van der Waals surface area (Å²) in [4.78, 5) is 0. The second-order valence-electron chi connectivity index (χ2n) is 7.32. The van der Waals surface area contributed by atoms with Gasteiger partial charge in [0.15, 0.2) is 0 Å². The second kappa shape index (κ2) is 6.47. The van der Waals surface area contributed by atoms with Gasteiger partial charge in [-0.05, 0) is 47.9 Å². The van der Waals surface area contributed by atoms with E-state index in [1.54, 1.807) is 0 Å². The normalized spacial score (nSPS) is 21.7. The van der Waals surface area contributed by atoms with Crippen LogP contribution >= 0.6 is 0 Å². The van der Waals surface area contributed by atoms with Crippen molar-refractivity contribution in [1.82, 2.24) is 0 Å². The predicted octanol–water partition coefficient (Wildman–Crippen LogP) is 6.27. The van der Waals surface area contributed by atoms with E-state index in [-0.39, 0.29) is 0 Å². The molecule has 0 saturated carbocycles. The molecule has 1 unspecified atom stereocenters. The van der Waals surface area contributed by atoms with Crippen molar-refractivity contribution in [3.63, 3.8) is 0 Å². The molecule has 19 heavy (non-hydrogen) atoms. The highest BCUT2D eigenvalue weighted by atomic mass is 28.4. The van der Waals surface area contributed by atoms with Crippen molar-refractivity contribution in [2.24, 2.45) is 5.92 Å². The van der Waals surface area contributed by atoms with Gasteiger partial charge in [-0.2, -0.15) is 0 Å². The zero-order valence-electron chi connectivity index (χ0n) is 14.3. The SMILES string of the molecule is CC1=C(O[Si](C(C)C)(C(C)C)C(C)C)CCCC1C. The van der Waals surface area contributed by atoms with Crippen LogP contribution < -0.4 is 0 Å². The van der Waals surface area contributed by atoms with Crippen molar-refractivity contribution in [3.8, 4) is 0 Å². The van der Waals surface area contributed by atoms with Crippen LogP contribution in [0.2, 0.25) is 16.6 Å². The molecule has 0 amide bonds. The molecule has 0 radical (unpaired) electrons. The first-order valence-electron chi connectivity index (χ1n) is 8.12. The molecule has 0 aromatic rings. The first-order chi connectivity index (χ1) is 8.73. The summed E-state index contributed by atoms with van der Waals surface area (Å²) in [6.45, 7) is 18.9. The lowest BCUT2D eigenvalue weighted by atomic mass is 9.89. The van der Waals surface area contributed by atoms with Crippen LogP contribution in [-0.4, -0.2) is 8.32 Å². The fourth-order valence-electron chi connectivity index (χ4n) is 3.96. The lowest BCUT2D eigenvalue weighted by Crippen LogP contribution is -2.47. The Balaban J connectivity index is 3.11. The van der Waals surface area contributed by atoms with Gasteiger partial charge in [-0.3, -0.25) is 0 Å². The molecule has 0 aromatic carbocycles. The Kier molecular flexibility index (Phi) is 5.73. The molecule has 1 aliphatic rings. The summed E-state index contributed by atoms with van der Waals surface area (Å²) in [6.07, 6.45) is 3.79. The maximum absolute atomic E-state index is 6.86. The van der Waals surface area contributed by atoms with Crippen LogP contribution in [0.1, 0.15) is 74.7 Å². The lowest BCUT2D eigenvalue weighted by Gasteiger charge is -2.44. The van der Waals surface area contributed by atoms with Crippen molar-refractivity contribution >= 4 is 8.32 Å². The third kappa shape index (κ3) is 3.26. The summed E-state index contributed by atoms with van der Waals surface area (Å²) >= 11 is 0. The molecule has 1 rings (SSSR count). The molecule has 0 N–H and O–H groups in total. The summed E-state index contributed by atoms with van der Waals surface area (Å²) in [6, 6.07) is 0. The Morgan fingerprint density at radius 2 is 1.47 bits per heavy atom. The molecule has 1 aliphatic carbocycles. The third-order valence-corrected chi connectivity index (χ3v) is 11.2. The quantitative estimate of drug-likeness (QED) is 0.540. The first-order valence-corrected chi connectivity index (χ1v) is 10.3. The topological polar surface area (TPSA) is 9.23 Å². The molecule has 0 saturated heterocycles. The van der Waals surface area contributed by atoms with Crippen LogP contribution in [0.5, 0.6) is 0 Å². The van der Waals surface area contributed by atoms with E-state index in [0.717, 1.165) is 6.42 Å². The molecule has 0 spiro atoms. The van der Waals surface area contributed by atoms with E-state index >= 15 is 0 Å². The average molecular weight is 283 g/mol. The maximum atomic E-state index is 6.86. The Hall–Kier alpha value is -0.243. The minimum atomic E-state index is -1.74. The maximum Gasteiger partial charge on any atom is 0.258 e. The molecule has 0 heterocycles. The predicted molar refractivity (Wildman–Crippen MR) is 87.8 cm³/mol. The van der Waals surface area contributed by atoms with Crippen LogP contribution in [-0.2, 0) is 4.43 Å². The highest BCUT2D eigenvalue weighted by Crippen LogP contribution is 2.45. The highest BCUT2D eigenvalue weighted by Gasteiger charge is 2.47. The zero-order chi connectivity index (χ0) is 14.8. The number of rotatable bonds is 5. The minimum Gasteiger partial charge on any atom is -0.546 e. The first kappa shape index (κ1) is 16.8. The van der Waals surface area contributed by atoms with Gasteiger partial charge in [-0.1, -0.05) is 48.5 Å². The smallest absolute Gasteiger partial charge is 0.258 e. The molecule has 2 heteroatoms. The molecule has 0 aromatic heterocycles. The van der Waals surface area contributed by atoms with E-state index in [2.05, 4.69) is 55.4 Å². The number of hydrogen-bond acceptors (Lipinski definition) is 1. The van der Waals surface area contributed by atoms with Crippen LogP contribution in [0.25, 0.3) is 0 Å². The van der Waals surface area contributed by atoms with Crippen molar-refractivity contribution in [3.05, 3.63) is 11.3 Å². The van der Waals surface area contributed by atoms with Gasteiger partial charge >= 0.3 is 0 Å². The molecular weight excluding hydrogens is 248 g/mol. The van der Waals surface area contributed by atoms with E-state index in [9.17, 15) is 0 Å². The molecular formula is C17H34OSi. The largest absolute Gasteiger partial charge is 0.546 e. The van der Waals surface area contributed by atoms with Crippen molar-refractivity contribution in [2.45, 2.75) is 91.3 Å². The van der Waals surface area contributed by atoms with Crippen molar-refractivity contribution < 1.29 is 4.43 Å². The van der Waals surface area contributed by atoms with E-state index < -0.39 is 8.32 Å². The summed E-state index contributed by atoms with van der Waals surface area (Å²) in [7, 11) is -1.74. The average Bonchev–Trinajstić information content (AvgIpc) is 2.29. The Morgan fingerprint density at radius 1 is 1.00 bits per heavy atom. The van der Waals surface area contributed by atoms with Crippen LogP contribution in [0, 0.1) is 5.92 Å². The van der Waals surface area contributed by atoms with Gasteiger partial charge in [0.25, 0.3) is 8.32 Å². The summed E-state index contributed by atoms with van der Waals surface area (Å²) < 4.78 is 6.86. The number of allylic oxidation sites excluding steroid dienone is 2. The lowest BCUT2D eigenvalue weighted by molar-refractivity contribution is 0.319. The molecule has 1 nitrogen and oxygen atoms in total. The zero-order valence-corrected chi connectivity index (χ0v) is 15.3. The van der Waals surface area contributed by atoms with Crippen LogP contribution in [0.4, 0.5) is 0 Å². The van der Waals surface area contributed by atoms with Gasteiger partial charge < -0.3 is 4.43 Å². The summed E-state index contributed by atoms with van der Waals surface area (Å²) in [5, 5.41) is 0. The molecule has 0 bridgehead atoms. The second-order valence-corrected chi connectivity index (χ2v) is 12.7. The minimum absolute atomic E-state index is 0.671. The summed E-state index contributed by atoms with van der Waals surface area (Å²) in [5.74, 6) is 2.06. The monoisotopic (exact) mass is 282 g/mol. The standard InChI is InChI=1S/C17H34OSi/c1-12(2)19(13(3)4,14(5)6)18-17-11-9-10-15(7)16(17)8/h12-15H,9-11H2,1-8H3. The van der Waals surface area contributed by atoms with Crippen LogP contribution in [0.15, 0.2) is 11.3 Å².